The Bertz CT molecular complexity index is 673. The lowest BCUT2D eigenvalue weighted by molar-refractivity contribution is 0.262. The molecule has 0 aliphatic heterocycles. The fourth-order valence-electron chi connectivity index (χ4n) is 1.96. The van der Waals surface area contributed by atoms with Gasteiger partial charge in [0.05, 0.1) is 15.7 Å². The molecule has 0 heterocycles. The minimum Gasteiger partial charge on any atom is -0.308 e. The molecule has 0 aliphatic carbocycles. The van der Waals surface area contributed by atoms with Gasteiger partial charge in [-0.1, -0.05) is 62.2 Å². The second kappa shape index (κ2) is 6.59. The lowest BCUT2D eigenvalue weighted by Gasteiger charge is -2.20. The van der Waals surface area contributed by atoms with Crippen molar-refractivity contribution in [3.8, 4) is 0 Å². The van der Waals surface area contributed by atoms with Crippen LogP contribution in [0.25, 0.3) is 0 Å². The topological polar surface area (TPSA) is 41.1 Å². The molecule has 0 bridgehead atoms. The number of hydrogen-bond donors (Lipinski definition) is 2. The quantitative estimate of drug-likeness (QED) is 0.700. The van der Waals surface area contributed by atoms with E-state index < -0.39 is 0 Å². The van der Waals surface area contributed by atoms with Gasteiger partial charge in [-0.05, 0) is 35.2 Å². The molecule has 0 saturated heterocycles. The van der Waals surface area contributed by atoms with Crippen LogP contribution in [0.1, 0.15) is 26.3 Å². The summed E-state index contributed by atoms with van der Waals surface area (Å²) in [5.74, 6) is 0. The maximum Gasteiger partial charge on any atom is 0.323 e. The van der Waals surface area contributed by atoms with E-state index in [1.165, 1.54) is 0 Å². The molecule has 22 heavy (non-hydrogen) atoms. The first kappa shape index (κ1) is 16.7. The highest BCUT2D eigenvalue weighted by Gasteiger charge is 2.14. The molecule has 0 fully saturated rings. The average molecular weight is 337 g/mol. The molecule has 2 aromatic rings. The van der Waals surface area contributed by atoms with Crippen molar-refractivity contribution in [3.63, 3.8) is 0 Å². The highest BCUT2D eigenvalue weighted by molar-refractivity contribution is 6.39. The highest BCUT2D eigenvalue weighted by Crippen LogP contribution is 2.30. The normalized spacial score (nSPS) is 11.1. The maximum atomic E-state index is 12.1. The Kier molecular flexibility index (Phi) is 4.99. The van der Waals surface area contributed by atoms with Crippen LogP contribution < -0.4 is 10.6 Å². The van der Waals surface area contributed by atoms with E-state index in [9.17, 15) is 4.79 Å². The predicted octanol–water partition coefficient (Wildman–Crippen LogP) is 5.93. The third kappa shape index (κ3) is 4.15. The summed E-state index contributed by atoms with van der Waals surface area (Å²) in [5.41, 5.74) is 2.27. The number of hydrogen-bond acceptors (Lipinski definition) is 1. The predicted molar refractivity (Wildman–Crippen MR) is 94.2 cm³/mol. The number of anilines is 2. The molecule has 2 rings (SSSR count). The van der Waals surface area contributed by atoms with Gasteiger partial charge in [0, 0.05) is 5.69 Å². The van der Waals surface area contributed by atoms with E-state index in [-0.39, 0.29) is 11.4 Å². The Morgan fingerprint density at radius 1 is 0.955 bits per heavy atom. The van der Waals surface area contributed by atoms with Crippen molar-refractivity contribution in [2.24, 2.45) is 0 Å². The second-order valence-corrected chi connectivity index (χ2v) is 6.82. The summed E-state index contributed by atoms with van der Waals surface area (Å²) in [6.07, 6.45) is 0. The number of carbonyl (C=O) groups is 1. The number of nitrogens with one attached hydrogen (secondary N) is 2. The van der Waals surface area contributed by atoms with Gasteiger partial charge >= 0.3 is 6.03 Å². The zero-order valence-corrected chi connectivity index (χ0v) is 14.2. The minimum absolute atomic E-state index is 0.0141. The van der Waals surface area contributed by atoms with Crippen molar-refractivity contribution >= 4 is 40.6 Å². The summed E-state index contributed by atoms with van der Waals surface area (Å²) < 4.78 is 0. The summed E-state index contributed by atoms with van der Waals surface area (Å²) in [4.78, 5) is 12.1. The van der Waals surface area contributed by atoms with Crippen molar-refractivity contribution in [2.75, 3.05) is 10.6 Å². The van der Waals surface area contributed by atoms with Gasteiger partial charge in [0.15, 0.2) is 0 Å². The largest absolute Gasteiger partial charge is 0.323 e. The molecule has 2 amide bonds. The molecule has 116 valence electrons. The number of para-hydroxylation sites is 1. The van der Waals surface area contributed by atoms with Gasteiger partial charge in [-0.25, -0.2) is 4.79 Å². The summed E-state index contributed by atoms with van der Waals surface area (Å²) in [5, 5.41) is 6.25. The van der Waals surface area contributed by atoms with Crippen molar-refractivity contribution in [1.82, 2.24) is 0 Å². The van der Waals surface area contributed by atoms with Crippen molar-refractivity contribution < 1.29 is 4.79 Å². The van der Waals surface area contributed by atoms with E-state index in [0.29, 0.717) is 21.4 Å². The van der Waals surface area contributed by atoms with Crippen LogP contribution >= 0.6 is 23.2 Å². The number of carbonyl (C=O) groups excluding carboxylic acids is 1. The zero-order valence-electron chi connectivity index (χ0n) is 12.7. The van der Waals surface area contributed by atoms with Crippen molar-refractivity contribution in [1.29, 1.82) is 0 Å². The third-order valence-electron chi connectivity index (χ3n) is 3.19. The molecule has 2 N–H and O–H groups in total. The van der Waals surface area contributed by atoms with E-state index in [1.807, 2.05) is 24.3 Å². The Morgan fingerprint density at radius 2 is 1.55 bits per heavy atom. The van der Waals surface area contributed by atoms with Gasteiger partial charge in [-0.2, -0.15) is 0 Å². The van der Waals surface area contributed by atoms with Crippen LogP contribution in [0.4, 0.5) is 16.2 Å². The molecule has 0 atom stereocenters. The smallest absolute Gasteiger partial charge is 0.308 e. The maximum absolute atomic E-state index is 12.1. The number of benzene rings is 2. The Hall–Kier alpha value is -1.71. The minimum atomic E-state index is -0.388. The molecule has 0 unspecified atom stereocenters. The molecular formula is C17H18Cl2N2O. The molecule has 0 radical (unpaired) electrons. The first-order valence-corrected chi connectivity index (χ1v) is 7.65. The van der Waals surface area contributed by atoms with Crippen LogP contribution in [-0.2, 0) is 5.41 Å². The molecule has 0 saturated carbocycles. The van der Waals surface area contributed by atoms with Gasteiger partial charge in [0.2, 0.25) is 0 Å². The van der Waals surface area contributed by atoms with E-state index in [1.54, 1.807) is 18.2 Å². The summed E-state index contributed by atoms with van der Waals surface area (Å²) >= 11 is 12.1. The fourth-order valence-corrected chi connectivity index (χ4v) is 2.45. The summed E-state index contributed by atoms with van der Waals surface area (Å²) in [6.45, 7) is 6.36. The SMILES string of the molecule is CC(C)(C)c1cccc(NC(=O)Nc2c(Cl)cccc2Cl)c1. The fraction of sp³-hybridized carbons (Fsp3) is 0.235. The molecule has 0 aliphatic rings. The molecule has 3 nitrogen and oxygen atoms in total. The number of urea groups is 1. The molecular weight excluding hydrogens is 319 g/mol. The van der Waals surface area contributed by atoms with Gasteiger partial charge < -0.3 is 10.6 Å². The van der Waals surface area contributed by atoms with Gasteiger partial charge in [0.1, 0.15) is 0 Å². The first-order chi connectivity index (χ1) is 10.3. The first-order valence-electron chi connectivity index (χ1n) is 6.90. The number of halogens is 2. The monoisotopic (exact) mass is 336 g/mol. The van der Waals surface area contributed by atoms with Crippen LogP contribution in [0.2, 0.25) is 10.0 Å². The molecule has 0 aromatic heterocycles. The lowest BCUT2D eigenvalue weighted by atomic mass is 9.87. The van der Waals surface area contributed by atoms with Gasteiger partial charge in [0.25, 0.3) is 0 Å². The van der Waals surface area contributed by atoms with Crippen LogP contribution in [0, 0.1) is 0 Å². The van der Waals surface area contributed by atoms with E-state index in [0.717, 1.165) is 5.56 Å². The van der Waals surface area contributed by atoms with Crippen molar-refractivity contribution in [2.45, 2.75) is 26.2 Å². The van der Waals surface area contributed by atoms with Crippen LogP contribution in [0.5, 0.6) is 0 Å². The average Bonchev–Trinajstić information content (AvgIpc) is 2.42. The molecule has 2 aromatic carbocycles. The lowest BCUT2D eigenvalue weighted by Crippen LogP contribution is -2.20. The van der Waals surface area contributed by atoms with Crippen LogP contribution in [0.15, 0.2) is 42.5 Å². The zero-order chi connectivity index (χ0) is 16.3. The molecule has 5 heteroatoms. The Balaban J connectivity index is 2.13. The number of amides is 2. The molecule has 0 spiro atoms. The highest BCUT2D eigenvalue weighted by atomic mass is 35.5. The summed E-state index contributed by atoms with van der Waals surface area (Å²) in [6, 6.07) is 12.4. The second-order valence-electron chi connectivity index (χ2n) is 6.01. The van der Waals surface area contributed by atoms with E-state index >= 15 is 0 Å². The third-order valence-corrected chi connectivity index (χ3v) is 3.82. The van der Waals surface area contributed by atoms with E-state index in [4.69, 9.17) is 23.2 Å². The Morgan fingerprint density at radius 3 is 2.14 bits per heavy atom. The number of rotatable bonds is 2. The van der Waals surface area contributed by atoms with Gasteiger partial charge in [-0.3, -0.25) is 0 Å². The van der Waals surface area contributed by atoms with Crippen LogP contribution in [0.3, 0.4) is 0 Å². The van der Waals surface area contributed by atoms with Crippen molar-refractivity contribution in [3.05, 3.63) is 58.1 Å². The summed E-state index contributed by atoms with van der Waals surface area (Å²) in [7, 11) is 0. The van der Waals surface area contributed by atoms with Crippen LogP contribution in [-0.4, -0.2) is 6.03 Å². The van der Waals surface area contributed by atoms with E-state index in [2.05, 4.69) is 31.4 Å². The Labute approximate surface area is 140 Å². The van der Waals surface area contributed by atoms with Gasteiger partial charge in [-0.15, -0.1) is 0 Å². The standard InChI is InChI=1S/C17H18Cl2N2O/c1-17(2,3)11-6-4-7-12(10-11)20-16(22)21-15-13(18)8-5-9-14(15)19/h4-10H,1-3H3,(H2,20,21,22).